The molecule has 0 aliphatic carbocycles. The molecular weight excluding hydrogens is 392 g/mol. The molecule has 3 rings (SSSR count). The number of rotatable bonds is 6. The number of nitrogens with zero attached hydrogens (tertiary/aromatic N) is 3. The van der Waals surface area contributed by atoms with Gasteiger partial charge in [-0.05, 0) is 46.6 Å². The second-order valence-electron chi connectivity index (χ2n) is 5.76. The Bertz CT molecular complexity index is 915. The molecule has 26 heavy (non-hydrogen) atoms. The van der Waals surface area contributed by atoms with Gasteiger partial charge in [-0.2, -0.15) is 0 Å². The number of halogens is 1. The Hall–Kier alpha value is -2.73. The quantitative estimate of drug-likeness (QED) is 0.565. The number of hydrogen-bond donors (Lipinski definition) is 0. The molecule has 2 heterocycles. The molecule has 131 valence electrons. The van der Waals surface area contributed by atoms with Gasteiger partial charge in [-0.25, -0.2) is 9.97 Å². The molecule has 0 saturated heterocycles. The Balaban J connectivity index is 1.89. The third-order valence-electron chi connectivity index (χ3n) is 3.99. The van der Waals surface area contributed by atoms with Crippen LogP contribution in [-0.2, 0) is 6.54 Å². The summed E-state index contributed by atoms with van der Waals surface area (Å²) >= 11 is 3.30. The van der Waals surface area contributed by atoms with E-state index in [2.05, 4.69) is 49.9 Å². The molecule has 0 saturated carbocycles. The molecule has 2 aromatic heterocycles. The predicted molar refractivity (Wildman–Crippen MR) is 106 cm³/mol. The fourth-order valence-electron chi connectivity index (χ4n) is 2.63. The van der Waals surface area contributed by atoms with Crippen molar-refractivity contribution >= 4 is 33.3 Å². The van der Waals surface area contributed by atoms with Crippen LogP contribution in [0.1, 0.15) is 28.5 Å². The molecule has 0 aliphatic rings. The first kappa shape index (κ1) is 18.1. The number of anilines is 1. The topological polar surface area (TPSA) is 69.9 Å². The molecule has 0 bridgehead atoms. The number of carbonyl (C=O) groups excluding carboxylic acids is 1. The maximum Gasteiger partial charge on any atom is 0.215 e. The van der Waals surface area contributed by atoms with E-state index in [9.17, 15) is 4.79 Å². The third kappa shape index (κ3) is 4.08. The minimum absolute atomic E-state index is 0.0537. The van der Waals surface area contributed by atoms with E-state index in [-0.39, 0.29) is 17.2 Å². The Kier molecular flexibility index (Phi) is 5.63. The summed E-state index contributed by atoms with van der Waals surface area (Å²) in [5.41, 5.74) is 9.60. The highest BCUT2D eigenvalue weighted by atomic mass is 79.9. The second-order valence-corrected chi connectivity index (χ2v) is 6.68. The van der Waals surface area contributed by atoms with Crippen LogP contribution in [0.5, 0.6) is 0 Å². The van der Waals surface area contributed by atoms with Crippen LogP contribution < -0.4 is 10.6 Å². The molecule has 1 aromatic carbocycles. The van der Waals surface area contributed by atoms with Crippen molar-refractivity contribution < 1.29 is 4.79 Å². The number of ketones is 1. The largest absolute Gasteiger partial charge is 0.353 e. The van der Waals surface area contributed by atoms with Crippen LogP contribution in [0.15, 0.2) is 65.3 Å². The summed E-state index contributed by atoms with van der Waals surface area (Å²) in [7, 11) is 0. The van der Waals surface area contributed by atoms with Crippen LogP contribution in [0.25, 0.3) is 0 Å². The normalized spacial score (nSPS) is 10.5. The lowest BCUT2D eigenvalue weighted by Gasteiger charge is -2.22. The monoisotopic (exact) mass is 409 g/mol. The van der Waals surface area contributed by atoms with Crippen molar-refractivity contribution in [3.63, 3.8) is 0 Å². The van der Waals surface area contributed by atoms with Crippen LogP contribution >= 0.6 is 15.9 Å². The number of benzene rings is 1. The molecule has 0 spiro atoms. The van der Waals surface area contributed by atoms with Gasteiger partial charge in [0, 0.05) is 23.8 Å². The van der Waals surface area contributed by atoms with Gasteiger partial charge in [-0.3, -0.25) is 10.5 Å². The first-order valence-electron chi connectivity index (χ1n) is 8.26. The maximum absolute atomic E-state index is 12.8. The Labute approximate surface area is 161 Å². The van der Waals surface area contributed by atoms with E-state index in [1.165, 1.54) is 11.8 Å². The predicted octanol–water partition coefficient (Wildman–Crippen LogP) is 4.41. The van der Waals surface area contributed by atoms with Gasteiger partial charge in [0.1, 0.15) is 11.5 Å². The van der Waals surface area contributed by atoms with E-state index < -0.39 is 0 Å². The SMILES string of the molecule is CCN(Cc1ccccc1)c1cccc(C(=O)c2cc(Br)cnc2[NH])n1. The lowest BCUT2D eigenvalue weighted by molar-refractivity contribution is 0.103. The van der Waals surface area contributed by atoms with E-state index in [1.54, 1.807) is 12.1 Å². The van der Waals surface area contributed by atoms with E-state index in [1.807, 2.05) is 30.3 Å². The van der Waals surface area contributed by atoms with Crippen LogP contribution in [0, 0.1) is 0 Å². The van der Waals surface area contributed by atoms with Gasteiger partial charge in [-0.1, -0.05) is 36.4 Å². The lowest BCUT2D eigenvalue weighted by Crippen LogP contribution is -2.23. The smallest absolute Gasteiger partial charge is 0.215 e. The molecule has 0 fully saturated rings. The summed E-state index contributed by atoms with van der Waals surface area (Å²) in [6.07, 6.45) is 1.50. The van der Waals surface area contributed by atoms with Gasteiger partial charge < -0.3 is 4.90 Å². The Morgan fingerprint density at radius 1 is 1.15 bits per heavy atom. The van der Waals surface area contributed by atoms with E-state index in [0.29, 0.717) is 16.7 Å². The first-order valence-corrected chi connectivity index (χ1v) is 9.05. The average Bonchev–Trinajstić information content (AvgIpc) is 2.68. The summed E-state index contributed by atoms with van der Waals surface area (Å²) < 4.78 is 0.660. The van der Waals surface area contributed by atoms with Crippen molar-refractivity contribution in [3.05, 3.63) is 82.1 Å². The summed E-state index contributed by atoms with van der Waals surface area (Å²) in [4.78, 5) is 23.3. The maximum atomic E-state index is 12.8. The van der Waals surface area contributed by atoms with Crippen LogP contribution in [0.3, 0.4) is 0 Å². The van der Waals surface area contributed by atoms with Gasteiger partial charge >= 0.3 is 0 Å². The summed E-state index contributed by atoms with van der Waals surface area (Å²) in [5.74, 6) is 0.375. The minimum atomic E-state index is -0.304. The molecule has 0 aliphatic heterocycles. The highest BCUT2D eigenvalue weighted by Gasteiger charge is 2.17. The minimum Gasteiger partial charge on any atom is -0.353 e. The third-order valence-corrected chi connectivity index (χ3v) is 4.42. The zero-order valence-electron chi connectivity index (χ0n) is 14.3. The highest BCUT2D eigenvalue weighted by molar-refractivity contribution is 9.10. The molecular formula is C20H18BrN4O. The molecule has 0 atom stereocenters. The second kappa shape index (κ2) is 8.10. The standard InChI is InChI=1S/C20H18BrN4O/c1-2-25(13-14-7-4-3-5-8-14)18-10-6-9-17(24-18)19(26)16-11-15(21)12-23-20(16)22/h3-12,22H,2,13H2,1H3. The summed E-state index contributed by atoms with van der Waals surface area (Å²) in [5, 5.41) is 0. The summed E-state index contributed by atoms with van der Waals surface area (Å²) in [6.45, 7) is 3.53. The zero-order valence-corrected chi connectivity index (χ0v) is 15.9. The van der Waals surface area contributed by atoms with Gasteiger partial charge in [0.15, 0.2) is 5.82 Å². The van der Waals surface area contributed by atoms with Crippen LogP contribution in [0.4, 0.5) is 11.6 Å². The van der Waals surface area contributed by atoms with Crippen molar-refractivity contribution in [2.24, 2.45) is 0 Å². The van der Waals surface area contributed by atoms with Crippen molar-refractivity contribution in [1.82, 2.24) is 15.7 Å². The molecule has 0 amide bonds. The van der Waals surface area contributed by atoms with Crippen LogP contribution in [-0.4, -0.2) is 22.3 Å². The number of nitrogens with one attached hydrogen (secondary N) is 1. The van der Waals surface area contributed by atoms with Gasteiger partial charge in [0.2, 0.25) is 5.78 Å². The number of hydrogen-bond acceptors (Lipinski definition) is 4. The van der Waals surface area contributed by atoms with E-state index in [4.69, 9.17) is 5.73 Å². The molecule has 6 heteroatoms. The molecule has 3 aromatic rings. The first-order chi connectivity index (χ1) is 12.6. The fraction of sp³-hybridized carbons (Fsp3) is 0.150. The Morgan fingerprint density at radius 2 is 1.92 bits per heavy atom. The average molecular weight is 410 g/mol. The van der Waals surface area contributed by atoms with Gasteiger partial charge in [0.05, 0.1) is 5.56 Å². The van der Waals surface area contributed by atoms with Crippen molar-refractivity contribution in [3.8, 4) is 0 Å². The lowest BCUT2D eigenvalue weighted by atomic mass is 10.1. The Morgan fingerprint density at radius 3 is 2.65 bits per heavy atom. The highest BCUT2D eigenvalue weighted by Crippen LogP contribution is 2.21. The summed E-state index contributed by atoms with van der Waals surface area (Å²) in [6, 6.07) is 17.1. The molecule has 1 radical (unpaired) electrons. The van der Waals surface area contributed by atoms with Crippen LogP contribution in [0.2, 0.25) is 0 Å². The number of carbonyl (C=O) groups is 1. The number of pyridine rings is 2. The van der Waals surface area contributed by atoms with Gasteiger partial charge in [-0.15, -0.1) is 0 Å². The van der Waals surface area contributed by atoms with Crippen molar-refractivity contribution in [1.29, 1.82) is 0 Å². The van der Waals surface area contributed by atoms with Crippen molar-refractivity contribution in [2.75, 3.05) is 11.4 Å². The fourth-order valence-corrected chi connectivity index (χ4v) is 2.97. The van der Waals surface area contributed by atoms with E-state index in [0.717, 1.165) is 12.4 Å². The van der Waals surface area contributed by atoms with E-state index >= 15 is 0 Å². The zero-order chi connectivity index (χ0) is 18.5. The molecule has 5 nitrogen and oxygen atoms in total. The number of aromatic nitrogens is 2. The molecule has 1 N–H and O–H groups in total. The molecule has 0 unspecified atom stereocenters. The van der Waals surface area contributed by atoms with Gasteiger partial charge in [0.25, 0.3) is 0 Å². The van der Waals surface area contributed by atoms with Crippen molar-refractivity contribution in [2.45, 2.75) is 13.5 Å².